The van der Waals surface area contributed by atoms with Crippen LogP contribution >= 0.6 is 0 Å². The van der Waals surface area contributed by atoms with E-state index in [1.165, 1.54) is 38.5 Å². The van der Waals surface area contributed by atoms with Crippen LogP contribution in [0.15, 0.2) is 86.0 Å². The van der Waals surface area contributed by atoms with Crippen molar-refractivity contribution in [2.24, 2.45) is 62.1 Å². The first-order chi connectivity index (χ1) is 44.4. The third-order valence-corrected chi connectivity index (χ3v) is 23.9. The lowest BCUT2D eigenvalue weighted by Gasteiger charge is -2.46. The van der Waals surface area contributed by atoms with E-state index in [1.807, 2.05) is 88.4 Å². The molecule has 2 amide bonds. The van der Waals surface area contributed by atoms with E-state index in [-0.39, 0.29) is 65.7 Å². The molecule has 5 saturated carbocycles. The zero-order valence-corrected chi connectivity index (χ0v) is 61.6. The van der Waals surface area contributed by atoms with E-state index in [0.717, 1.165) is 99.6 Å². The Labute approximate surface area is 571 Å². The molecule has 0 bridgehead atoms. The highest BCUT2D eigenvalue weighted by atomic mass is 16.6. The van der Waals surface area contributed by atoms with E-state index < -0.39 is 46.5 Å². The zero-order valence-electron chi connectivity index (χ0n) is 61.6. The third-order valence-electron chi connectivity index (χ3n) is 23.9. The van der Waals surface area contributed by atoms with Gasteiger partial charge in [0, 0.05) is 38.5 Å². The topological polar surface area (TPSA) is 185 Å². The molecule has 5 fully saturated rings. The van der Waals surface area contributed by atoms with Crippen LogP contribution in [0.3, 0.4) is 0 Å². The first kappa shape index (κ1) is 77.2. The Morgan fingerprint density at radius 3 is 1.39 bits per heavy atom. The lowest BCUT2D eigenvalue weighted by atomic mass is 9.61. The lowest BCUT2D eigenvalue weighted by Crippen LogP contribution is -2.48. The van der Waals surface area contributed by atoms with Crippen molar-refractivity contribution in [1.29, 1.82) is 0 Å². The number of benzene rings is 2. The number of esters is 2. The lowest BCUT2D eigenvalue weighted by molar-refractivity contribution is -0.140. The number of alkyl carbamates (subject to hydrolysis) is 2. The summed E-state index contributed by atoms with van der Waals surface area (Å²) in [7, 11) is 0. The van der Waals surface area contributed by atoms with Crippen molar-refractivity contribution >= 4 is 24.1 Å². The molecule has 16 heteroatoms. The van der Waals surface area contributed by atoms with Crippen molar-refractivity contribution in [2.75, 3.05) is 65.9 Å². The van der Waals surface area contributed by atoms with Gasteiger partial charge in [-0.2, -0.15) is 0 Å². The molecule has 534 valence electrons. The van der Waals surface area contributed by atoms with Crippen LogP contribution in [0.4, 0.5) is 9.59 Å². The minimum Gasteiger partial charge on any atom is -0.493 e. The van der Waals surface area contributed by atoms with Gasteiger partial charge in [-0.05, 0) is 241 Å². The summed E-state index contributed by atoms with van der Waals surface area (Å²) in [6, 6.07) is 19.3. The van der Waals surface area contributed by atoms with Crippen LogP contribution in [0.5, 0.6) is 11.5 Å². The predicted molar refractivity (Wildman–Crippen MR) is 373 cm³/mol. The van der Waals surface area contributed by atoms with Crippen LogP contribution in [0.25, 0.3) is 0 Å². The Hall–Kier alpha value is -5.16. The molecule has 0 radical (unpaired) electrons. The van der Waals surface area contributed by atoms with Crippen molar-refractivity contribution in [3.8, 4) is 11.5 Å². The van der Waals surface area contributed by atoms with Crippen LogP contribution in [0, 0.1) is 62.1 Å². The van der Waals surface area contributed by atoms with Gasteiger partial charge >= 0.3 is 24.1 Å². The van der Waals surface area contributed by atoms with E-state index in [0.29, 0.717) is 55.4 Å². The number of ether oxygens (including phenoxy) is 10. The highest BCUT2D eigenvalue weighted by Crippen LogP contribution is 3.15. The number of fused-ring (bicyclic) bond motifs is 2. The summed E-state index contributed by atoms with van der Waals surface area (Å²) in [5.41, 5.74) is -1.67. The summed E-state index contributed by atoms with van der Waals surface area (Å²) in [5, 5.41) is 5.57. The summed E-state index contributed by atoms with van der Waals surface area (Å²) in [6.45, 7) is 47.7. The molecule has 0 aliphatic heterocycles. The van der Waals surface area contributed by atoms with Gasteiger partial charge in [0.2, 0.25) is 0 Å². The first-order valence-electron chi connectivity index (χ1n) is 35.8. The molecule has 0 heterocycles. The van der Waals surface area contributed by atoms with Crippen molar-refractivity contribution in [2.45, 2.75) is 248 Å². The fourth-order valence-electron chi connectivity index (χ4n) is 16.9. The summed E-state index contributed by atoms with van der Waals surface area (Å²) >= 11 is 0. The number of rotatable bonds is 44. The highest BCUT2D eigenvalue weighted by Gasteiger charge is 3.10. The van der Waals surface area contributed by atoms with Crippen LogP contribution in [-0.4, -0.2) is 124 Å². The largest absolute Gasteiger partial charge is 0.493 e. The molecule has 9 atom stereocenters. The van der Waals surface area contributed by atoms with E-state index in [9.17, 15) is 19.2 Å². The first-order valence-corrected chi connectivity index (χ1v) is 35.8. The van der Waals surface area contributed by atoms with Crippen molar-refractivity contribution < 1.29 is 66.5 Å². The van der Waals surface area contributed by atoms with Gasteiger partial charge in [0.1, 0.15) is 22.7 Å². The summed E-state index contributed by atoms with van der Waals surface area (Å²) in [4.78, 5) is 48.8. The van der Waals surface area contributed by atoms with Gasteiger partial charge in [-0.3, -0.25) is 0 Å². The smallest absolute Gasteiger partial charge is 0.407 e. The molecule has 2 N–H and O–H groups in total. The van der Waals surface area contributed by atoms with Gasteiger partial charge in [0.15, 0.2) is 0 Å². The average Bonchev–Trinajstić information content (AvgIpc) is 1.35. The molecule has 2 aromatic rings. The maximum atomic E-state index is 13.0. The number of para-hydroxylation sites is 2. The Morgan fingerprint density at radius 1 is 0.526 bits per heavy atom. The standard InChI is InChI=1S/C79H124N2O14/c1-20-64(82)86-44-32-42-80-66(84)94-72(11,12)57(50-88-59-34-24-22-25-35-59)52-92-74(15,16)68(3,4)39-28-30-46-90-70(7,8)54-76(19)41-38-62-61(48-76)63-49-78(63)77(56-79(62,77)78)55-71(9,10)91-47-31-29-40-69(5,6)75(17,18)93-53-58(51-89-60-36-26-23-27-37-60)73(13,14)95-67(85)81-43-33-45-87-65(83)21-2/h20-27,34-37,57-58,61-63H,1-2,28-33,38-56H2,3-19H3,(H,80,84)(H,81,85). The molecule has 7 rings (SSSR count). The van der Waals surface area contributed by atoms with Crippen molar-refractivity contribution in [1.82, 2.24) is 10.6 Å². The molecule has 2 aromatic carbocycles. The van der Waals surface area contributed by atoms with Crippen LogP contribution < -0.4 is 20.1 Å². The maximum Gasteiger partial charge on any atom is 0.407 e. The molecule has 95 heavy (non-hydrogen) atoms. The second-order valence-corrected chi connectivity index (χ2v) is 33.7. The molecule has 5 aliphatic rings. The minimum absolute atomic E-state index is 0.164. The predicted octanol–water partition coefficient (Wildman–Crippen LogP) is 16.8. The molecular formula is C79H124N2O14. The zero-order chi connectivity index (χ0) is 70.0. The number of hydrogen-bond acceptors (Lipinski definition) is 14. The monoisotopic (exact) mass is 1320 g/mol. The number of nitrogens with one attached hydrogen (secondary N) is 2. The third kappa shape index (κ3) is 19.0. The number of hydrogen-bond donors (Lipinski definition) is 2. The number of amides is 2. The summed E-state index contributed by atoms with van der Waals surface area (Å²) in [6.07, 6.45) is 17.0. The van der Waals surface area contributed by atoms with Crippen LogP contribution in [0.2, 0.25) is 0 Å². The Morgan fingerprint density at radius 2 is 0.958 bits per heavy atom. The van der Waals surface area contributed by atoms with Crippen molar-refractivity contribution in [3.05, 3.63) is 86.0 Å². The van der Waals surface area contributed by atoms with Crippen LogP contribution in [-0.2, 0) is 47.5 Å². The Kier molecular flexibility index (Phi) is 25.1. The molecule has 0 aromatic heterocycles. The van der Waals surface area contributed by atoms with Gasteiger partial charge in [-0.15, -0.1) is 0 Å². The van der Waals surface area contributed by atoms with E-state index in [4.69, 9.17) is 47.4 Å². The van der Waals surface area contributed by atoms with Gasteiger partial charge in [-0.1, -0.05) is 97.0 Å². The van der Waals surface area contributed by atoms with E-state index >= 15 is 0 Å². The molecule has 5 aliphatic carbocycles. The summed E-state index contributed by atoms with van der Waals surface area (Å²) < 4.78 is 61.9. The van der Waals surface area contributed by atoms with Crippen LogP contribution in [0.1, 0.15) is 214 Å². The Balaban J connectivity index is 0.809. The molecular weight excluding hydrogens is 1200 g/mol. The average molecular weight is 1330 g/mol. The molecule has 2 spiro atoms. The van der Waals surface area contributed by atoms with Gasteiger partial charge < -0.3 is 58.0 Å². The van der Waals surface area contributed by atoms with E-state index in [1.54, 1.807) is 0 Å². The van der Waals surface area contributed by atoms with Crippen molar-refractivity contribution in [3.63, 3.8) is 0 Å². The second kappa shape index (κ2) is 30.9. The quantitative estimate of drug-likeness (QED) is 0.0276. The van der Waals surface area contributed by atoms with Gasteiger partial charge in [-0.25, -0.2) is 19.2 Å². The second-order valence-electron chi connectivity index (χ2n) is 33.7. The number of carbonyl (C=O) groups is 4. The number of carbonyl (C=O) groups excluding carboxylic acids is 4. The van der Waals surface area contributed by atoms with E-state index in [2.05, 4.69) is 114 Å². The fraction of sp³-hybridized carbons (Fsp3) is 0.747. The normalized spacial score (nSPS) is 24.5. The molecule has 0 saturated heterocycles. The van der Waals surface area contributed by atoms with Gasteiger partial charge in [0.25, 0.3) is 0 Å². The Bertz CT molecular complexity index is 2870. The summed E-state index contributed by atoms with van der Waals surface area (Å²) in [5.74, 6) is 2.48. The van der Waals surface area contributed by atoms with Gasteiger partial charge in [0.05, 0.1) is 73.9 Å². The minimum atomic E-state index is -0.935. The maximum absolute atomic E-state index is 13.0. The molecule has 16 nitrogen and oxygen atoms in total. The molecule has 9 unspecified atom stereocenters. The number of unbranched alkanes of at least 4 members (excludes halogenated alkanes) is 2. The fourth-order valence-corrected chi connectivity index (χ4v) is 16.9. The SMILES string of the molecule is C=CC(=O)OCCCNC(=O)OC(C)(C)C(COc1ccccc1)COC(C)(C)C(C)(C)CCCCOC(C)(C)CC1(C)CCC2C(C1)C1CC13C1(CC(C)(C)OCCCCC(C)(C)C(C)(C)OCC(COc4ccccc4)C(C)(C)OC(=O)NCCCOC(=O)C=C)CC213. The highest BCUT2D eigenvalue weighted by molar-refractivity contribution is 5.81.